The van der Waals surface area contributed by atoms with Crippen LogP contribution in [0.5, 0.6) is 0 Å². The molecule has 1 aromatic carbocycles. The van der Waals surface area contributed by atoms with Crippen molar-refractivity contribution in [2.75, 3.05) is 11.9 Å². The van der Waals surface area contributed by atoms with Crippen LogP contribution in [0.3, 0.4) is 0 Å². The normalized spacial score (nSPS) is 11.6. The molecule has 2 rings (SSSR count). The lowest BCUT2D eigenvalue weighted by Crippen LogP contribution is -2.14. The van der Waals surface area contributed by atoms with E-state index in [9.17, 15) is 0 Å². The van der Waals surface area contributed by atoms with Gasteiger partial charge in [0, 0.05) is 30.9 Å². The fourth-order valence-electron chi connectivity index (χ4n) is 2.04. The molecule has 0 saturated carbocycles. The van der Waals surface area contributed by atoms with Crippen LogP contribution < -0.4 is 4.90 Å². The van der Waals surface area contributed by atoms with Gasteiger partial charge in [-0.15, -0.1) is 0 Å². The number of aromatic nitrogens is 2. The van der Waals surface area contributed by atoms with Crippen molar-refractivity contribution < 1.29 is 0 Å². The third kappa shape index (κ3) is 2.29. The number of anilines is 1. The summed E-state index contributed by atoms with van der Waals surface area (Å²) < 4.78 is 1.89. The molecule has 0 bridgehead atoms. The zero-order valence-electron chi connectivity index (χ0n) is 11.6. The van der Waals surface area contributed by atoms with E-state index >= 15 is 0 Å². The van der Waals surface area contributed by atoms with Gasteiger partial charge in [0.15, 0.2) is 0 Å². The molecule has 1 heterocycles. The van der Waals surface area contributed by atoms with Gasteiger partial charge in [-0.1, -0.05) is 12.7 Å². The number of aryl methyl sites for hydroxylation is 2. The number of rotatable bonds is 4. The minimum atomic E-state index is 0.752. The molecule has 0 aliphatic carbocycles. The topological polar surface area (TPSA) is 33.4 Å². The summed E-state index contributed by atoms with van der Waals surface area (Å²) in [6.45, 7) is 9.32. The Kier molecular flexibility index (Phi) is 3.51. The van der Waals surface area contributed by atoms with E-state index in [-0.39, 0.29) is 0 Å². The Labute approximate surface area is 113 Å². The van der Waals surface area contributed by atoms with Gasteiger partial charge in [-0.3, -0.25) is 4.68 Å². The molecule has 2 aromatic rings. The van der Waals surface area contributed by atoms with Gasteiger partial charge in [0.2, 0.25) is 0 Å². The van der Waals surface area contributed by atoms with E-state index in [1.54, 1.807) is 6.08 Å². The van der Waals surface area contributed by atoms with Crippen LogP contribution in [0.4, 0.5) is 5.69 Å². The third-order valence-corrected chi connectivity index (χ3v) is 3.27. The Bertz CT molecular complexity index is 664. The molecule has 0 aliphatic heterocycles. The van der Waals surface area contributed by atoms with Crippen molar-refractivity contribution in [3.63, 3.8) is 0 Å². The van der Waals surface area contributed by atoms with E-state index < -0.39 is 0 Å². The molecular formula is C15H18N4. The number of hydrogen-bond acceptors (Lipinski definition) is 3. The number of allylic oxidation sites excluding steroid dienone is 2. The van der Waals surface area contributed by atoms with Gasteiger partial charge in [-0.25, -0.2) is 4.99 Å². The zero-order valence-corrected chi connectivity index (χ0v) is 11.6. The van der Waals surface area contributed by atoms with Crippen LogP contribution in [0.2, 0.25) is 0 Å². The van der Waals surface area contributed by atoms with Crippen LogP contribution in [0.25, 0.3) is 10.9 Å². The summed E-state index contributed by atoms with van der Waals surface area (Å²) in [6, 6.07) is 6.18. The van der Waals surface area contributed by atoms with Crippen LogP contribution in [0.15, 0.2) is 47.7 Å². The van der Waals surface area contributed by atoms with E-state index in [4.69, 9.17) is 0 Å². The van der Waals surface area contributed by atoms with Crippen molar-refractivity contribution in [1.82, 2.24) is 9.78 Å². The summed E-state index contributed by atoms with van der Waals surface area (Å²) in [6.07, 6.45) is 3.52. The average molecular weight is 254 g/mol. The van der Waals surface area contributed by atoms with E-state index in [0.29, 0.717) is 0 Å². The quantitative estimate of drug-likeness (QED) is 0.620. The largest absolute Gasteiger partial charge is 0.329 e. The molecule has 0 N–H and O–H groups in total. The second kappa shape index (κ2) is 5.10. The first-order valence-corrected chi connectivity index (χ1v) is 6.05. The lowest BCUT2D eigenvalue weighted by atomic mass is 10.2. The van der Waals surface area contributed by atoms with Gasteiger partial charge in [0.1, 0.15) is 5.82 Å². The van der Waals surface area contributed by atoms with Crippen LogP contribution in [0.1, 0.15) is 5.69 Å². The van der Waals surface area contributed by atoms with Crippen molar-refractivity contribution in [2.24, 2.45) is 12.0 Å². The van der Waals surface area contributed by atoms with Gasteiger partial charge >= 0.3 is 0 Å². The molecule has 19 heavy (non-hydrogen) atoms. The summed E-state index contributed by atoms with van der Waals surface area (Å²) in [5, 5.41) is 5.66. The number of aliphatic imine (C=N–C) groups is 1. The monoisotopic (exact) mass is 254 g/mol. The fourth-order valence-corrected chi connectivity index (χ4v) is 2.04. The first-order chi connectivity index (χ1) is 9.08. The Morgan fingerprint density at radius 3 is 2.84 bits per heavy atom. The summed E-state index contributed by atoms with van der Waals surface area (Å²) in [7, 11) is 3.90. The molecule has 1 aromatic heterocycles. The van der Waals surface area contributed by atoms with E-state index in [1.165, 1.54) is 5.39 Å². The molecule has 0 amide bonds. The molecule has 0 saturated heterocycles. The highest BCUT2D eigenvalue weighted by molar-refractivity contribution is 5.85. The fraction of sp³-hybridized carbons (Fsp3) is 0.200. The number of nitrogens with zero attached hydrogens (tertiary/aromatic N) is 4. The Balaban J connectivity index is 2.49. The average Bonchev–Trinajstić information content (AvgIpc) is 2.70. The second-order valence-electron chi connectivity index (χ2n) is 4.39. The van der Waals surface area contributed by atoms with Crippen molar-refractivity contribution >= 4 is 23.3 Å². The van der Waals surface area contributed by atoms with Gasteiger partial charge in [0.25, 0.3) is 0 Å². The SMILES string of the molecule is C=CC=C(N=C)N(C)c1ccc2c(C)n(C)nc2c1. The Morgan fingerprint density at radius 2 is 2.21 bits per heavy atom. The predicted octanol–water partition coefficient (Wildman–Crippen LogP) is 3.05. The van der Waals surface area contributed by atoms with Gasteiger partial charge in [-0.05, 0) is 37.9 Å². The maximum absolute atomic E-state index is 4.49. The molecule has 0 unspecified atom stereocenters. The van der Waals surface area contributed by atoms with Gasteiger partial charge < -0.3 is 4.90 Å². The molecule has 0 atom stereocenters. The number of hydrogen-bond donors (Lipinski definition) is 0. The number of fused-ring (bicyclic) bond motifs is 1. The highest BCUT2D eigenvalue weighted by Crippen LogP contribution is 2.25. The maximum atomic E-state index is 4.49. The summed E-state index contributed by atoms with van der Waals surface area (Å²) in [4.78, 5) is 5.95. The van der Waals surface area contributed by atoms with Crippen LogP contribution >= 0.6 is 0 Å². The summed E-state index contributed by atoms with van der Waals surface area (Å²) >= 11 is 0. The predicted molar refractivity (Wildman–Crippen MR) is 81.7 cm³/mol. The molecule has 0 radical (unpaired) electrons. The zero-order chi connectivity index (χ0) is 14.0. The van der Waals surface area contributed by atoms with Crippen molar-refractivity contribution in [1.29, 1.82) is 0 Å². The molecule has 98 valence electrons. The Hall–Kier alpha value is -2.36. The molecule has 0 fully saturated rings. The Morgan fingerprint density at radius 1 is 1.47 bits per heavy atom. The van der Waals surface area contributed by atoms with Crippen LogP contribution in [0, 0.1) is 6.92 Å². The van der Waals surface area contributed by atoms with Gasteiger partial charge in [-0.2, -0.15) is 5.10 Å². The minimum Gasteiger partial charge on any atom is -0.329 e. The highest BCUT2D eigenvalue weighted by Gasteiger charge is 2.09. The van der Waals surface area contributed by atoms with E-state index in [2.05, 4.69) is 42.4 Å². The third-order valence-electron chi connectivity index (χ3n) is 3.27. The number of benzene rings is 1. The standard InChI is InChI=1S/C15H18N4/c1-6-7-15(16-3)18(4)12-8-9-13-11(2)19(5)17-14(13)10-12/h6-10H,1,3H2,2,4-5H3. The first kappa shape index (κ1) is 13.1. The van der Waals surface area contributed by atoms with Crippen molar-refractivity contribution in [2.45, 2.75) is 6.92 Å². The summed E-state index contributed by atoms with van der Waals surface area (Å²) in [5.74, 6) is 0.752. The lowest BCUT2D eigenvalue weighted by Gasteiger charge is -2.19. The summed E-state index contributed by atoms with van der Waals surface area (Å²) in [5.41, 5.74) is 3.16. The molecule has 0 aliphatic rings. The maximum Gasteiger partial charge on any atom is 0.131 e. The molecule has 4 nitrogen and oxygen atoms in total. The second-order valence-corrected chi connectivity index (χ2v) is 4.39. The van der Waals surface area contributed by atoms with Crippen molar-refractivity contribution in [3.8, 4) is 0 Å². The highest BCUT2D eigenvalue weighted by atomic mass is 15.3. The van der Waals surface area contributed by atoms with E-state index in [1.807, 2.05) is 35.8 Å². The van der Waals surface area contributed by atoms with Gasteiger partial charge in [0.05, 0.1) is 5.52 Å². The molecule has 4 heteroatoms. The first-order valence-electron chi connectivity index (χ1n) is 6.05. The van der Waals surface area contributed by atoms with E-state index in [0.717, 1.165) is 22.7 Å². The molecular weight excluding hydrogens is 236 g/mol. The molecule has 0 spiro atoms. The van der Waals surface area contributed by atoms with Crippen LogP contribution in [-0.2, 0) is 7.05 Å². The van der Waals surface area contributed by atoms with Crippen molar-refractivity contribution in [3.05, 3.63) is 48.4 Å². The smallest absolute Gasteiger partial charge is 0.131 e. The van der Waals surface area contributed by atoms with Crippen LogP contribution in [-0.4, -0.2) is 23.5 Å². The lowest BCUT2D eigenvalue weighted by molar-refractivity contribution is 0.751. The minimum absolute atomic E-state index is 0.752.